The van der Waals surface area contributed by atoms with E-state index in [1.54, 1.807) is 24.3 Å². The average Bonchev–Trinajstić information content (AvgIpc) is 2.30. The van der Waals surface area contributed by atoms with Crippen LogP contribution in [-0.2, 0) is 0 Å². The predicted molar refractivity (Wildman–Crippen MR) is 65.1 cm³/mol. The smallest absolute Gasteiger partial charge is 0.254 e. The number of nitrogens with zero attached hydrogens (tertiary/aromatic N) is 1. The molecule has 0 radical (unpaired) electrons. The molecule has 0 fully saturated rings. The van der Waals surface area contributed by atoms with Gasteiger partial charge in [0.25, 0.3) is 5.91 Å². The van der Waals surface area contributed by atoms with Crippen LogP contribution in [0.3, 0.4) is 0 Å². The van der Waals surface area contributed by atoms with E-state index in [-0.39, 0.29) is 5.91 Å². The van der Waals surface area contributed by atoms with Crippen molar-refractivity contribution in [2.75, 3.05) is 18.8 Å². The first-order chi connectivity index (χ1) is 7.66. The van der Waals surface area contributed by atoms with E-state index in [0.717, 1.165) is 19.5 Å². The summed E-state index contributed by atoms with van der Waals surface area (Å²) in [5, 5.41) is 0. The van der Waals surface area contributed by atoms with Gasteiger partial charge in [-0.25, -0.2) is 0 Å². The molecule has 3 nitrogen and oxygen atoms in total. The number of hydrogen-bond donors (Lipinski definition) is 1. The molecule has 16 heavy (non-hydrogen) atoms. The largest absolute Gasteiger partial charge is 0.399 e. The minimum absolute atomic E-state index is 0.0868. The molecule has 0 aromatic heterocycles. The zero-order chi connectivity index (χ0) is 11.5. The van der Waals surface area contributed by atoms with Crippen molar-refractivity contribution < 1.29 is 4.79 Å². The molecule has 1 heterocycles. The minimum atomic E-state index is 0.0868. The van der Waals surface area contributed by atoms with E-state index in [9.17, 15) is 4.79 Å². The number of benzene rings is 1. The number of nitrogen functional groups attached to an aromatic ring is 1. The maximum absolute atomic E-state index is 12.1. The first-order valence-electron chi connectivity index (χ1n) is 5.47. The third-order valence-corrected chi connectivity index (χ3v) is 2.88. The van der Waals surface area contributed by atoms with Crippen molar-refractivity contribution in [2.24, 2.45) is 0 Å². The van der Waals surface area contributed by atoms with Crippen LogP contribution < -0.4 is 5.73 Å². The Kier molecular flexibility index (Phi) is 2.95. The summed E-state index contributed by atoms with van der Waals surface area (Å²) in [5.74, 6) is 0.0868. The summed E-state index contributed by atoms with van der Waals surface area (Å²) in [6.07, 6.45) is 3.08. The lowest BCUT2D eigenvalue weighted by Crippen LogP contribution is -2.34. The van der Waals surface area contributed by atoms with E-state index >= 15 is 0 Å². The Morgan fingerprint density at radius 1 is 1.31 bits per heavy atom. The second-order valence-corrected chi connectivity index (χ2v) is 4.17. The predicted octanol–water partition coefficient (Wildman–Crippen LogP) is 2.06. The standard InChI is InChI=1S/C13H16N2O/c1-10-6-8-15(9-7-10)13(16)11-2-4-12(14)5-3-11/h2-6H,7-9,14H2,1H3. The van der Waals surface area contributed by atoms with Gasteiger partial charge in [-0.2, -0.15) is 0 Å². The van der Waals surface area contributed by atoms with E-state index in [0.29, 0.717) is 11.3 Å². The van der Waals surface area contributed by atoms with Crippen molar-refractivity contribution in [3.8, 4) is 0 Å². The van der Waals surface area contributed by atoms with Crippen LogP contribution in [0.25, 0.3) is 0 Å². The van der Waals surface area contributed by atoms with Crippen molar-refractivity contribution in [3.05, 3.63) is 41.5 Å². The molecule has 1 amide bonds. The van der Waals surface area contributed by atoms with Crippen molar-refractivity contribution in [2.45, 2.75) is 13.3 Å². The molecule has 0 unspecified atom stereocenters. The summed E-state index contributed by atoms with van der Waals surface area (Å²) in [6.45, 7) is 3.63. The molecule has 0 aliphatic carbocycles. The number of nitrogens with two attached hydrogens (primary N) is 1. The Bertz CT molecular complexity index is 420. The Balaban J connectivity index is 2.11. The molecule has 1 aliphatic heterocycles. The van der Waals surface area contributed by atoms with Crippen LogP contribution in [0, 0.1) is 0 Å². The van der Waals surface area contributed by atoms with Crippen molar-refractivity contribution in [1.82, 2.24) is 4.90 Å². The number of carbonyl (C=O) groups is 1. The molecule has 2 rings (SSSR count). The van der Waals surface area contributed by atoms with Crippen LogP contribution in [-0.4, -0.2) is 23.9 Å². The fourth-order valence-electron chi connectivity index (χ4n) is 1.76. The normalized spacial score (nSPS) is 15.8. The number of amides is 1. The highest BCUT2D eigenvalue weighted by Crippen LogP contribution is 2.14. The SMILES string of the molecule is CC1=CCN(C(=O)c2ccc(N)cc2)CC1. The third kappa shape index (κ3) is 2.24. The molecule has 3 heteroatoms. The second kappa shape index (κ2) is 4.39. The maximum atomic E-state index is 12.1. The van der Waals surface area contributed by atoms with Crippen LogP contribution in [0.5, 0.6) is 0 Å². The Labute approximate surface area is 95.6 Å². The number of carbonyl (C=O) groups excluding carboxylic acids is 1. The van der Waals surface area contributed by atoms with Gasteiger partial charge in [0, 0.05) is 24.3 Å². The molecule has 0 atom stereocenters. The number of rotatable bonds is 1. The van der Waals surface area contributed by atoms with Gasteiger partial charge >= 0.3 is 0 Å². The molecule has 0 bridgehead atoms. The van der Waals surface area contributed by atoms with E-state index < -0.39 is 0 Å². The lowest BCUT2D eigenvalue weighted by Gasteiger charge is -2.25. The molecule has 1 aromatic carbocycles. The topological polar surface area (TPSA) is 46.3 Å². The van der Waals surface area contributed by atoms with Gasteiger partial charge in [0.2, 0.25) is 0 Å². The molecule has 2 N–H and O–H groups in total. The van der Waals surface area contributed by atoms with Crippen LogP contribution in [0.1, 0.15) is 23.7 Å². The summed E-state index contributed by atoms with van der Waals surface area (Å²) < 4.78 is 0. The highest BCUT2D eigenvalue weighted by atomic mass is 16.2. The van der Waals surface area contributed by atoms with Gasteiger partial charge in [0.1, 0.15) is 0 Å². The number of anilines is 1. The van der Waals surface area contributed by atoms with Gasteiger partial charge in [-0.05, 0) is 37.6 Å². The van der Waals surface area contributed by atoms with Gasteiger partial charge < -0.3 is 10.6 Å². The second-order valence-electron chi connectivity index (χ2n) is 4.17. The Morgan fingerprint density at radius 3 is 2.56 bits per heavy atom. The lowest BCUT2D eigenvalue weighted by atomic mass is 10.1. The monoisotopic (exact) mass is 216 g/mol. The summed E-state index contributed by atoms with van der Waals surface area (Å²) in [6, 6.07) is 7.09. The van der Waals surface area contributed by atoms with Gasteiger partial charge in [-0.1, -0.05) is 11.6 Å². The molecule has 84 valence electrons. The van der Waals surface area contributed by atoms with E-state index in [2.05, 4.69) is 13.0 Å². The lowest BCUT2D eigenvalue weighted by molar-refractivity contribution is 0.0769. The summed E-state index contributed by atoms with van der Waals surface area (Å²) in [7, 11) is 0. The highest BCUT2D eigenvalue weighted by Gasteiger charge is 2.16. The van der Waals surface area contributed by atoms with Gasteiger partial charge in [0.05, 0.1) is 0 Å². The molecule has 0 spiro atoms. The van der Waals surface area contributed by atoms with E-state index in [1.165, 1.54) is 5.57 Å². The minimum Gasteiger partial charge on any atom is -0.399 e. The summed E-state index contributed by atoms with van der Waals surface area (Å²) >= 11 is 0. The van der Waals surface area contributed by atoms with Crippen molar-refractivity contribution in [3.63, 3.8) is 0 Å². The highest BCUT2D eigenvalue weighted by molar-refractivity contribution is 5.94. The zero-order valence-electron chi connectivity index (χ0n) is 9.44. The first kappa shape index (κ1) is 10.7. The third-order valence-electron chi connectivity index (χ3n) is 2.88. The Hall–Kier alpha value is -1.77. The molecular weight excluding hydrogens is 200 g/mol. The molecular formula is C13H16N2O. The summed E-state index contributed by atoms with van der Waals surface area (Å²) in [4.78, 5) is 13.9. The Morgan fingerprint density at radius 2 is 2.00 bits per heavy atom. The van der Waals surface area contributed by atoms with Crippen LogP contribution in [0.15, 0.2) is 35.9 Å². The van der Waals surface area contributed by atoms with E-state index in [4.69, 9.17) is 5.73 Å². The number of hydrogen-bond acceptors (Lipinski definition) is 2. The van der Waals surface area contributed by atoms with Crippen LogP contribution in [0.4, 0.5) is 5.69 Å². The maximum Gasteiger partial charge on any atom is 0.254 e. The molecule has 1 aliphatic rings. The van der Waals surface area contributed by atoms with Crippen molar-refractivity contribution in [1.29, 1.82) is 0 Å². The average molecular weight is 216 g/mol. The molecule has 0 saturated carbocycles. The van der Waals surface area contributed by atoms with Gasteiger partial charge in [-0.15, -0.1) is 0 Å². The fraction of sp³-hybridized carbons (Fsp3) is 0.308. The quantitative estimate of drug-likeness (QED) is 0.577. The molecule has 0 saturated heterocycles. The van der Waals surface area contributed by atoms with Gasteiger partial charge in [0.15, 0.2) is 0 Å². The van der Waals surface area contributed by atoms with Crippen molar-refractivity contribution >= 4 is 11.6 Å². The van der Waals surface area contributed by atoms with Crippen LogP contribution in [0.2, 0.25) is 0 Å². The van der Waals surface area contributed by atoms with E-state index in [1.807, 2.05) is 4.90 Å². The van der Waals surface area contributed by atoms with Gasteiger partial charge in [-0.3, -0.25) is 4.79 Å². The fourth-order valence-corrected chi connectivity index (χ4v) is 1.76. The molecule has 1 aromatic rings. The summed E-state index contributed by atoms with van der Waals surface area (Å²) in [5.41, 5.74) is 8.35. The van der Waals surface area contributed by atoms with Crippen LogP contribution >= 0.6 is 0 Å². The first-order valence-corrected chi connectivity index (χ1v) is 5.47. The zero-order valence-corrected chi connectivity index (χ0v) is 9.44.